The predicted octanol–water partition coefficient (Wildman–Crippen LogP) is 4.48. The van der Waals surface area contributed by atoms with Crippen molar-refractivity contribution in [2.24, 2.45) is 0 Å². The van der Waals surface area contributed by atoms with Gasteiger partial charge in [-0.3, -0.25) is 4.79 Å². The van der Waals surface area contributed by atoms with Crippen LogP contribution in [0.1, 0.15) is 25.0 Å². The molecule has 2 bridgehead atoms. The second-order valence-electron chi connectivity index (χ2n) is 6.68. The molecule has 3 heteroatoms. The maximum absolute atomic E-state index is 12.9. The molecule has 0 radical (unpaired) electrons. The Bertz CT molecular complexity index is 908. The van der Waals surface area contributed by atoms with Crippen LogP contribution < -0.4 is 0 Å². The number of carbonyl (C=O) groups is 1. The van der Waals surface area contributed by atoms with Crippen LogP contribution in [0, 0.1) is 0 Å². The van der Waals surface area contributed by atoms with E-state index in [1.54, 1.807) is 19.1 Å². The molecule has 0 amide bonds. The van der Waals surface area contributed by atoms with Gasteiger partial charge in [-0.15, -0.1) is 0 Å². The number of aliphatic hydroxyl groups is 1. The predicted molar refractivity (Wildman–Crippen MR) is 98.2 cm³/mol. The van der Waals surface area contributed by atoms with Gasteiger partial charge in [-0.1, -0.05) is 49.4 Å². The molecule has 25 heavy (non-hydrogen) atoms. The second-order valence-corrected chi connectivity index (χ2v) is 6.68. The van der Waals surface area contributed by atoms with Crippen LogP contribution in [0.4, 0.5) is 0 Å². The Morgan fingerprint density at radius 3 is 2.60 bits per heavy atom. The Labute approximate surface area is 147 Å². The van der Waals surface area contributed by atoms with E-state index in [0.29, 0.717) is 5.57 Å². The van der Waals surface area contributed by atoms with Gasteiger partial charge in [0, 0.05) is 0 Å². The molecule has 0 aromatic heterocycles. The molecule has 126 valence electrons. The molecule has 0 fully saturated rings. The van der Waals surface area contributed by atoms with Crippen molar-refractivity contribution < 1.29 is 14.6 Å². The number of aryl methyl sites for hydroxylation is 1. The van der Waals surface area contributed by atoms with Gasteiger partial charge >= 0.3 is 0 Å². The summed E-state index contributed by atoms with van der Waals surface area (Å²) in [5.74, 6) is -0.175. The Morgan fingerprint density at radius 2 is 1.88 bits per heavy atom. The minimum atomic E-state index is -0.915. The molecule has 0 aliphatic carbocycles. The van der Waals surface area contributed by atoms with Crippen molar-refractivity contribution in [3.05, 3.63) is 77.6 Å². The first kappa shape index (κ1) is 15.9. The van der Waals surface area contributed by atoms with Crippen LogP contribution in [0.3, 0.4) is 0 Å². The van der Waals surface area contributed by atoms with Crippen molar-refractivity contribution in [1.29, 1.82) is 0 Å². The van der Waals surface area contributed by atoms with Crippen LogP contribution in [0.5, 0.6) is 0 Å². The monoisotopic (exact) mass is 332 g/mol. The highest BCUT2D eigenvalue weighted by Gasteiger charge is 2.46. The first-order chi connectivity index (χ1) is 12.0. The molecule has 2 heterocycles. The van der Waals surface area contributed by atoms with Crippen LogP contribution in [0.15, 0.2) is 66.4 Å². The Morgan fingerprint density at radius 1 is 1.12 bits per heavy atom. The molecule has 2 aliphatic heterocycles. The molecule has 0 saturated heterocycles. The maximum Gasteiger partial charge on any atom is 0.199 e. The topological polar surface area (TPSA) is 46.5 Å². The van der Waals surface area contributed by atoms with E-state index in [9.17, 15) is 9.90 Å². The Hall–Kier alpha value is -2.65. The van der Waals surface area contributed by atoms with Gasteiger partial charge < -0.3 is 9.84 Å². The standard InChI is InChI=1S/C22H20O3/c1-3-14-9-10-16(15-7-5-4-6-8-15)13-17(14)19-20(23)18-11-12-22(2,25-18)21(19)24/h4-13,18,24H,3H2,1-2H3/t18-,22+/m0/s1. The van der Waals surface area contributed by atoms with E-state index in [1.165, 1.54) is 0 Å². The maximum atomic E-state index is 12.9. The summed E-state index contributed by atoms with van der Waals surface area (Å²) in [6, 6.07) is 16.1. The zero-order chi connectivity index (χ0) is 17.6. The number of benzene rings is 2. The van der Waals surface area contributed by atoms with Crippen molar-refractivity contribution in [2.45, 2.75) is 32.0 Å². The summed E-state index contributed by atoms with van der Waals surface area (Å²) >= 11 is 0. The normalized spacial score (nSPS) is 24.9. The van der Waals surface area contributed by atoms with E-state index in [1.807, 2.05) is 42.5 Å². The number of hydrogen-bond donors (Lipinski definition) is 1. The zero-order valence-corrected chi connectivity index (χ0v) is 14.3. The highest BCUT2D eigenvalue weighted by Crippen LogP contribution is 2.42. The third-order valence-electron chi connectivity index (χ3n) is 5.04. The van der Waals surface area contributed by atoms with Gasteiger partial charge in [-0.25, -0.2) is 0 Å². The molecule has 0 saturated carbocycles. The van der Waals surface area contributed by atoms with Crippen LogP contribution in [0.2, 0.25) is 0 Å². The fourth-order valence-electron chi connectivity index (χ4n) is 3.58. The van der Waals surface area contributed by atoms with Crippen molar-refractivity contribution in [3.63, 3.8) is 0 Å². The van der Waals surface area contributed by atoms with E-state index < -0.39 is 11.7 Å². The molecule has 4 rings (SSSR count). The van der Waals surface area contributed by atoms with Gasteiger partial charge in [-0.05, 0) is 53.8 Å². The number of carbonyl (C=O) groups excluding carboxylic acids is 1. The van der Waals surface area contributed by atoms with E-state index in [2.05, 4.69) is 13.0 Å². The van der Waals surface area contributed by atoms with Crippen LogP contribution in [-0.2, 0) is 16.0 Å². The Kier molecular flexibility index (Phi) is 3.62. The summed E-state index contributed by atoms with van der Waals surface area (Å²) in [6.45, 7) is 3.84. The SMILES string of the molecule is CCc1ccc(-c2ccccc2)cc1C1=C(O)[C@@]2(C)C=C[C@H](O2)C1=O. The van der Waals surface area contributed by atoms with E-state index in [0.717, 1.165) is 28.7 Å². The first-order valence-electron chi connectivity index (χ1n) is 8.57. The molecule has 2 aromatic rings. The molecular formula is C22H20O3. The van der Waals surface area contributed by atoms with Gasteiger partial charge in [0.15, 0.2) is 5.78 Å². The average Bonchev–Trinajstić information content (AvgIpc) is 3.02. The Balaban J connectivity index is 1.91. The highest BCUT2D eigenvalue weighted by atomic mass is 16.5. The number of Topliss-reactive ketones (excluding diaryl/α,β-unsaturated/α-hetero) is 1. The minimum absolute atomic E-state index is 0.00223. The smallest absolute Gasteiger partial charge is 0.199 e. The lowest BCUT2D eigenvalue weighted by atomic mass is 9.86. The number of ketones is 1. The van der Waals surface area contributed by atoms with Crippen molar-refractivity contribution >= 4 is 11.4 Å². The van der Waals surface area contributed by atoms with Gasteiger partial charge in [0.1, 0.15) is 17.5 Å². The summed E-state index contributed by atoms with van der Waals surface area (Å²) < 4.78 is 5.68. The summed E-state index contributed by atoms with van der Waals surface area (Å²) in [7, 11) is 0. The molecular weight excluding hydrogens is 312 g/mol. The summed E-state index contributed by atoms with van der Waals surface area (Å²) in [6.07, 6.45) is 3.67. The van der Waals surface area contributed by atoms with E-state index >= 15 is 0 Å². The lowest BCUT2D eigenvalue weighted by molar-refractivity contribution is -0.128. The fourth-order valence-corrected chi connectivity index (χ4v) is 3.58. The molecule has 2 atom stereocenters. The number of rotatable bonds is 3. The molecule has 2 aliphatic rings. The number of ether oxygens (including phenoxy) is 1. The molecule has 0 spiro atoms. The van der Waals surface area contributed by atoms with Gasteiger partial charge in [0.25, 0.3) is 0 Å². The number of fused-ring (bicyclic) bond motifs is 2. The summed E-state index contributed by atoms with van der Waals surface area (Å²) in [4.78, 5) is 12.9. The van der Waals surface area contributed by atoms with E-state index in [4.69, 9.17) is 4.74 Å². The zero-order valence-electron chi connectivity index (χ0n) is 14.3. The molecule has 0 unspecified atom stereocenters. The lowest BCUT2D eigenvalue weighted by Crippen LogP contribution is -2.38. The van der Waals surface area contributed by atoms with Crippen molar-refractivity contribution in [1.82, 2.24) is 0 Å². The average molecular weight is 332 g/mol. The quantitative estimate of drug-likeness (QED) is 0.843. The molecule has 2 aromatic carbocycles. The third kappa shape index (κ3) is 2.43. The van der Waals surface area contributed by atoms with Crippen LogP contribution in [0.25, 0.3) is 16.7 Å². The van der Waals surface area contributed by atoms with Gasteiger partial charge in [0.2, 0.25) is 0 Å². The fraction of sp³-hybridized carbons (Fsp3) is 0.227. The number of hydrogen-bond acceptors (Lipinski definition) is 3. The lowest BCUT2D eigenvalue weighted by Gasteiger charge is -2.31. The third-order valence-corrected chi connectivity index (χ3v) is 5.04. The van der Waals surface area contributed by atoms with Crippen molar-refractivity contribution in [2.75, 3.05) is 0 Å². The number of aliphatic hydroxyl groups excluding tert-OH is 1. The van der Waals surface area contributed by atoms with Gasteiger partial charge in [0.05, 0.1) is 5.57 Å². The molecule has 1 N–H and O–H groups in total. The van der Waals surface area contributed by atoms with Gasteiger partial charge in [-0.2, -0.15) is 0 Å². The first-order valence-corrected chi connectivity index (χ1v) is 8.57. The largest absolute Gasteiger partial charge is 0.508 e. The molecule has 3 nitrogen and oxygen atoms in total. The highest BCUT2D eigenvalue weighted by molar-refractivity contribution is 6.26. The van der Waals surface area contributed by atoms with Crippen LogP contribution in [-0.4, -0.2) is 22.6 Å². The minimum Gasteiger partial charge on any atom is -0.508 e. The summed E-state index contributed by atoms with van der Waals surface area (Å²) in [5, 5.41) is 10.8. The summed E-state index contributed by atoms with van der Waals surface area (Å²) in [5.41, 5.74) is 3.42. The van der Waals surface area contributed by atoms with Crippen LogP contribution >= 0.6 is 0 Å². The van der Waals surface area contributed by atoms with Crippen molar-refractivity contribution in [3.8, 4) is 11.1 Å². The second kappa shape index (κ2) is 5.71. The van der Waals surface area contributed by atoms with E-state index in [-0.39, 0.29) is 11.5 Å².